The number of hydrogen-bond donors (Lipinski definition) is 0. The van der Waals surface area contributed by atoms with Crippen molar-refractivity contribution in [3.8, 4) is 0 Å². The van der Waals surface area contributed by atoms with Crippen molar-refractivity contribution >= 4 is 17.9 Å². The van der Waals surface area contributed by atoms with Gasteiger partial charge in [0, 0.05) is 19.3 Å². The maximum absolute atomic E-state index is 12.5. The van der Waals surface area contributed by atoms with Gasteiger partial charge in [-0.2, -0.15) is 0 Å². The van der Waals surface area contributed by atoms with Crippen LogP contribution in [-0.4, -0.2) is 37.2 Å². The number of hydrogen-bond acceptors (Lipinski definition) is 6. The molecule has 0 aromatic rings. The third-order valence-corrected chi connectivity index (χ3v) is 9.79. The summed E-state index contributed by atoms with van der Waals surface area (Å²) >= 11 is 0. The van der Waals surface area contributed by atoms with Gasteiger partial charge in [-0.3, -0.25) is 14.4 Å². The van der Waals surface area contributed by atoms with E-state index in [1.807, 2.05) is 0 Å². The molecule has 0 aromatic carbocycles. The summed E-state index contributed by atoms with van der Waals surface area (Å²) in [6, 6.07) is 0. The van der Waals surface area contributed by atoms with Gasteiger partial charge in [0.1, 0.15) is 13.2 Å². The van der Waals surface area contributed by atoms with Crippen molar-refractivity contribution < 1.29 is 28.6 Å². The van der Waals surface area contributed by atoms with Gasteiger partial charge in [0.2, 0.25) is 0 Å². The molecule has 0 saturated heterocycles. The van der Waals surface area contributed by atoms with Gasteiger partial charge >= 0.3 is 17.9 Å². The average Bonchev–Trinajstić information content (AvgIpc) is 3.26. The van der Waals surface area contributed by atoms with Gasteiger partial charge in [-0.25, -0.2) is 0 Å². The summed E-state index contributed by atoms with van der Waals surface area (Å²) in [5.41, 5.74) is 0. The molecule has 0 aliphatic carbocycles. The van der Waals surface area contributed by atoms with Crippen LogP contribution >= 0.6 is 0 Å². The van der Waals surface area contributed by atoms with E-state index in [4.69, 9.17) is 14.2 Å². The minimum absolute atomic E-state index is 0.0863. The standard InChI is InChI=1S/C55H88O6/c1-4-7-10-13-14-15-16-17-18-19-20-21-22-23-24-25-26-27-28-29-30-31-32-33-34-35-36-37-38-39-40-43-45-48-54(57)60-51-52(61-55(58)49-46-42-12-9-6-3)50-59-53(56)47-44-41-11-8-5-2/h7,10,14-15,17-18,20-21,23-24,26-27,29-30,32-33,35-36,52H,4-6,8-9,11-13,16,19,22,25,28,31,34,37-51H2,1-3H3/b10-7-,15-14-,18-17-,21-20-,24-23-,27-26-,30-29-,33-32-,36-35-. The summed E-state index contributed by atoms with van der Waals surface area (Å²) in [5, 5.41) is 0. The Kier molecular flexibility index (Phi) is 45.6. The van der Waals surface area contributed by atoms with Gasteiger partial charge in [-0.05, 0) is 89.9 Å². The lowest BCUT2D eigenvalue weighted by Gasteiger charge is -2.18. The van der Waals surface area contributed by atoms with Crippen molar-refractivity contribution in [2.75, 3.05) is 13.2 Å². The van der Waals surface area contributed by atoms with E-state index in [1.165, 1.54) is 6.42 Å². The van der Waals surface area contributed by atoms with Crippen molar-refractivity contribution in [1.82, 2.24) is 0 Å². The summed E-state index contributed by atoms with van der Waals surface area (Å²) < 4.78 is 16.4. The predicted molar refractivity (Wildman–Crippen MR) is 260 cm³/mol. The molecule has 6 nitrogen and oxygen atoms in total. The lowest BCUT2D eigenvalue weighted by atomic mass is 10.1. The van der Waals surface area contributed by atoms with E-state index >= 15 is 0 Å². The maximum atomic E-state index is 12.5. The van der Waals surface area contributed by atoms with Gasteiger partial charge in [-0.1, -0.05) is 201 Å². The van der Waals surface area contributed by atoms with E-state index in [0.29, 0.717) is 19.3 Å². The number of rotatable bonds is 42. The Bertz CT molecular complexity index is 1290. The lowest BCUT2D eigenvalue weighted by Crippen LogP contribution is -2.30. The summed E-state index contributed by atoms with van der Waals surface area (Å²) in [6.07, 6.45) is 65.9. The number of carbonyl (C=O) groups excluding carboxylic acids is 3. The molecule has 0 radical (unpaired) electrons. The minimum Gasteiger partial charge on any atom is -0.462 e. The van der Waals surface area contributed by atoms with Crippen LogP contribution in [0.4, 0.5) is 0 Å². The number of ether oxygens (including phenoxy) is 3. The first-order valence-electron chi connectivity index (χ1n) is 24.4. The van der Waals surface area contributed by atoms with Crippen LogP contribution in [0.5, 0.6) is 0 Å². The number of esters is 3. The van der Waals surface area contributed by atoms with E-state index in [1.54, 1.807) is 0 Å². The normalized spacial score (nSPS) is 13.0. The highest BCUT2D eigenvalue weighted by Crippen LogP contribution is 2.12. The first-order chi connectivity index (χ1) is 30.0. The van der Waals surface area contributed by atoms with Crippen LogP contribution in [0.1, 0.15) is 201 Å². The highest BCUT2D eigenvalue weighted by atomic mass is 16.6. The maximum Gasteiger partial charge on any atom is 0.306 e. The van der Waals surface area contributed by atoms with Crippen LogP contribution in [0.3, 0.4) is 0 Å². The molecule has 6 heteroatoms. The second-order valence-corrected chi connectivity index (χ2v) is 15.6. The highest BCUT2D eigenvalue weighted by Gasteiger charge is 2.19. The fourth-order valence-corrected chi connectivity index (χ4v) is 6.14. The molecule has 0 aliphatic heterocycles. The smallest absolute Gasteiger partial charge is 0.306 e. The van der Waals surface area contributed by atoms with Gasteiger partial charge in [0.05, 0.1) is 0 Å². The van der Waals surface area contributed by atoms with Crippen molar-refractivity contribution in [1.29, 1.82) is 0 Å². The zero-order valence-electron chi connectivity index (χ0n) is 39.1. The van der Waals surface area contributed by atoms with E-state index in [0.717, 1.165) is 154 Å². The monoisotopic (exact) mass is 845 g/mol. The first-order valence-corrected chi connectivity index (χ1v) is 24.4. The van der Waals surface area contributed by atoms with Gasteiger partial charge in [0.25, 0.3) is 0 Å². The fourth-order valence-electron chi connectivity index (χ4n) is 6.14. The molecule has 0 bridgehead atoms. The SMILES string of the molecule is CC/C=C\C/C=C\C/C=C\C/C=C\C/C=C\C/C=C\C/C=C\C/C=C\C/C=C\CCCCCCCC(=O)OCC(COC(=O)CCCCCCC)OC(=O)CCCCCCC. The van der Waals surface area contributed by atoms with Crippen LogP contribution in [0.2, 0.25) is 0 Å². The molecule has 0 spiro atoms. The Morgan fingerprint density at radius 3 is 1.00 bits per heavy atom. The molecule has 1 atom stereocenters. The number of allylic oxidation sites excluding steroid dienone is 18. The Labute approximate surface area is 374 Å². The molecular formula is C55H88O6. The van der Waals surface area contributed by atoms with E-state index in [2.05, 4.69) is 130 Å². The number of carbonyl (C=O) groups is 3. The van der Waals surface area contributed by atoms with Crippen LogP contribution in [0.25, 0.3) is 0 Å². The summed E-state index contributed by atoms with van der Waals surface area (Å²) in [6.45, 7) is 6.30. The fraction of sp³-hybridized carbons (Fsp3) is 0.618. The van der Waals surface area contributed by atoms with Crippen molar-refractivity contribution in [2.45, 2.75) is 207 Å². The van der Waals surface area contributed by atoms with Crippen LogP contribution in [0, 0.1) is 0 Å². The van der Waals surface area contributed by atoms with Crippen molar-refractivity contribution in [3.63, 3.8) is 0 Å². The highest BCUT2D eigenvalue weighted by molar-refractivity contribution is 5.71. The second kappa shape index (κ2) is 48.7. The van der Waals surface area contributed by atoms with Crippen LogP contribution < -0.4 is 0 Å². The average molecular weight is 845 g/mol. The topological polar surface area (TPSA) is 78.9 Å². The minimum atomic E-state index is -0.777. The zero-order valence-corrected chi connectivity index (χ0v) is 39.1. The molecule has 0 fully saturated rings. The largest absolute Gasteiger partial charge is 0.462 e. The molecule has 0 amide bonds. The number of unbranched alkanes of at least 4 members (excludes halogenated alkanes) is 13. The first kappa shape index (κ1) is 57.1. The molecule has 0 rings (SSSR count). The Balaban J connectivity index is 3.99. The van der Waals surface area contributed by atoms with Gasteiger partial charge in [0.15, 0.2) is 6.10 Å². The van der Waals surface area contributed by atoms with E-state index in [-0.39, 0.29) is 31.1 Å². The van der Waals surface area contributed by atoms with Crippen molar-refractivity contribution in [2.24, 2.45) is 0 Å². The summed E-state index contributed by atoms with van der Waals surface area (Å²) in [7, 11) is 0. The lowest BCUT2D eigenvalue weighted by molar-refractivity contribution is -0.167. The third kappa shape index (κ3) is 47.0. The molecule has 0 aromatic heterocycles. The Morgan fingerprint density at radius 1 is 0.344 bits per heavy atom. The van der Waals surface area contributed by atoms with Crippen LogP contribution in [-0.2, 0) is 28.6 Å². The molecule has 1 unspecified atom stereocenters. The van der Waals surface area contributed by atoms with E-state index < -0.39 is 6.10 Å². The zero-order chi connectivity index (χ0) is 44.4. The summed E-state index contributed by atoms with van der Waals surface area (Å²) in [5.74, 6) is -0.946. The Hall–Kier alpha value is -3.93. The molecular weight excluding hydrogens is 757 g/mol. The molecule has 344 valence electrons. The molecule has 0 N–H and O–H groups in total. The molecule has 61 heavy (non-hydrogen) atoms. The van der Waals surface area contributed by atoms with Crippen LogP contribution in [0.15, 0.2) is 109 Å². The molecule has 0 aliphatic rings. The summed E-state index contributed by atoms with van der Waals surface area (Å²) in [4.78, 5) is 37.1. The van der Waals surface area contributed by atoms with Gasteiger partial charge < -0.3 is 14.2 Å². The second-order valence-electron chi connectivity index (χ2n) is 15.6. The van der Waals surface area contributed by atoms with Gasteiger partial charge in [-0.15, -0.1) is 0 Å². The van der Waals surface area contributed by atoms with E-state index in [9.17, 15) is 14.4 Å². The van der Waals surface area contributed by atoms with Crippen molar-refractivity contribution in [3.05, 3.63) is 109 Å². The Morgan fingerprint density at radius 2 is 0.639 bits per heavy atom. The third-order valence-electron chi connectivity index (χ3n) is 9.79. The molecule has 0 heterocycles. The predicted octanol–water partition coefficient (Wildman–Crippen LogP) is 16.0. The quantitative estimate of drug-likeness (QED) is 0.0264. The molecule has 0 saturated carbocycles.